The molecule has 0 unspecified atom stereocenters. The molecule has 2 heterocycles. The van der Waals surface area contributed by atoms with Gasteiger partial charge in [0.15, 0.2) is 0 Å². The summed E-state index contributed by atoms with van der Waals surface area (Å²) in [6, 6.07) is 9.43. The van der Waals surface area contributed by atoms with Gasteiger partial charge >= 0.3 is 0 Å². The van der Waals surface area contributed by atoms with Crippen molar-refractivity contribution < 1.29 is 8.42 Å². The van der Waals surface area contributed by atoms with Crippen LogP contribution in [0.25, 0.3) is 5.65 Å². The standard InChI is InChI=1S/C15H18N4O2S/c1-13-3-2-4-14(11-13)12-22(20,21)17-7-8-18-9-10-19-15(18)5-6-16-19/h2-6,9-11,17H,7-8,12H2,1H3. The molecule has 0 radical (unpaired) electrons. The topological polar surface area (TPSA) is 68.4 Å². The van der Waals surface area contributed by atoms with Crippen LogP contribution in [-0.4, -0.2) is 29.1 Å². The van der Waals surface area contributed by atoms with E-state index >= 15 is 0 Å². The Bertz CT molecular complexity index is 880. The average molecular weight is 318 g/mol. The molecule has 1 aromatic carbocycles. The zero-order valence-electron chi connectivity index (χ0n) is 12.3. The van der Waals surface area contributed by atoms with Crippen molar-refractivity contribution in [3.05, 3.63) is 60.0 Å². The van der Waals surface area contributed by atoms with E-state index in [4.69, 9.17) is 0 Å². The van der Waals surface area contributed by atoms with Crippen LogP contribution < -0.4 is 4.72 Å². The van der Waals surface area contributed by atoms with Crippen molar-refractivity contribution in [3.63, 3.8) is 0 Å². The van der Waals surface area contributed by atoms with Crippen LogP contribution >= 0.6 is 0 Å². The first-order chi connectivity index (χ1) is 10.5. The quantitative estimate of drug-likeness (QED) is 0.750. The molecule has 0 aliphatic carbocycles. The Hall–Kier alpha value is -2.12. The van der Waals surface area contributed by atoms with Crippen LogP contribution in [-0.2, 0) is 22.3 Å². The van der Waals surface area contributed by atoms with Gasteiger partial charge in [0.25, 0.3) is 0 Å². The Morgan fingerprint density at radius 3 is 2.91 bits per heavy atom. The highest BCUT2D eigenvalue weighted by Gasteiger charge is 2.11. The van der Waals surface area contributed by atoms with Gasteiger partial charge in [-0.1, -0.05) is 29.8 Å². The van der Waals surface area contributed by atoms with Crippen LogP contribution in [0.2, 0.25) is 0 Å². The predicted octanol–water partition coefficient (Wildman–Crippen LogP) is 1.56. The number of aryl methyl sites for hydroxylation is 1. The second-order valence-electron chi connectivity index (χ2n) is 5.27. The lowest BCUT2D eigenvalue weighted by Gasteiger charge is -2.08. The van der Waals surface area contributed by atoms with Crippen molar-refractivity contribution in [1.29, 1.82) is 0 Å². The highest BCUT2D eigenvalue weighted by Crippen LogP contribution is 2.08. The minimum Gasteiger partial charge on any atom is -0.330 e. The van der Waals surface area contributed by atoms with Gasteiger partial charge in [0.05, 0.1) is 11.9 Å². The number of nitrogens with one attached hydrogen (secondary N) is 1. The lowest BCUT2D eigenvalue weighted by atomic mass is 10.2. The normalized spacial score (nSPS) is 12.0. The monoisotopic (exact) mass is 318 g/mol. The van der Waals surface area contributed by atoms with Crippen molar-refractivity contribution in [1.82, 2.24) is 18.9 Å². The van der Waals surface area contributed by atoms with E-state index in [-0.39, 0.29) is 5.75 Å². The van der Waals surface area contributed by atoms with E-state index in [1.54, 1.807) is 10.7 Å². The van der Waals surface area contributed by atoms with Gasteiger partial charge in [-0.2, -0.15) is 5.10 Å². The van der Waals surface area contributed by atoms with E-state index in [1.807, 2.05) is 54.2 Å². The number of hydrogen-bond acceptors (Lipinski definition) is 3. The molecule has 0 atom stereocenters. The molecule has 116 valence electrons. The number of rotatable bonds is 6. The molecule has 7 heteroatoms. The zero-order chi connectivity index (χ0) is 15.6. The molecule has 22 heavy (non-hydrogen) atoms. The lowest BCUT2D eigenvalue weighted by Crippen LogP contribution is -2.28. The Morgan fingerprint density at radius 1 is 1.23 bits per heavy atom. The van der Waals surface area contributed by atoms with Crippen LogP contribution in [0, 0.1) is 6.92 Å². The van der Waals surface area contributed by atoms with Crippen LogP contribution in [0.4, 0.5) is 0 Å². The molecule has 0 aliphatic rings. The molecule has 0 spiro atoms. The van der Waals surface area contributed by atoms with Gasteiger partial charge in [0, 0.05) is 31.5 Å². The Labute approximate surface area is 129 Å². The molecule has 3 aromatic rings. The highest BCUT2D eigenvalue weighted by molar-refractivity contribution is 7.88. The molecule has 0 amide bonds. The highest BCUT2D eigenvalue weighted by atomic mass is 32.2. The van der Waals surface area contributed by atoms with Crippen molar-refractivity contribution in [3.8, 4) is 0 Å². The third-order valence-electron chi connectivity index (χ3n) is 3.45. The molecular weight excluding hydrogens is 300 g/mol. The zero-order valence-corrected chi connectivity index (χ0v) is 13.1. The van der Waals surface area contributed by atoms with E-state index in [0.29, 0.717) is 13.1 Å². The van der Waals surface area contributed by atoms with E-state index < -0.39 is 10.0 Å². The number of imidazole rings is 1. The van der Waals surface area contributed by atoms with E-state index in [0.717, 1.165) is 16.8 Å². The van der Waals surface area contributed by atoms with E-state index in [9.17, 15) is 8.42 Å². The molecule has 0 saturated carbocycles. The molecule has 1 N–H and O–H groups in total. The molecular formula is C15H18N4O2S. The molecule has 3 rings (SSSR count). The number of nitrogens with zero attached hydrogens (tertiary/aromatic N) is 3. The van der Waals surface area contributed by atoms with Crippen LogP contribution in [0.1, 0.15) is 11.1 Å². The summed E-state index contributed by atoms with van der Waals surface area (Å²) in [5.74, 6) is 0.00243. The molecule has 0 saturated heterocycles. The maximum atomic E-state index is 12.1. The summed E-state index contributed by atoms with van der Waals surface area (Å²) in [6.07, 6.45) is 5.45. The van der Waals surface area contributed by atoms with Crippen molar-refractivity contribution in [2.24, 2.45) is 0 Å². The minimum atomic E-state index is -3.33. The fourth-order valence-electron chi connectivity index (χ4n) is 2.45. The average Bonchev–Trinajstić information content (AvgIpc) is 3.02. The molecule has 6 nitrogen and oxygen atoms in total. The first kappa shape index (κ1) is 14.8. The summed E-state index contributed by atoms with van der Waals surface area (Å²) in [6.45, 7) is 2.87. The van der Waals surface area contributed by atoms with Crippen molar-refractivity contribution >= 4 is 15.7 Å². The van der Waals surface area contributed by atoms with Crippen molar-refractivity contribution in [2.75, 3.05) is 6.54 Å². The summed E-state index contributed by atoms with van der Waals surface area (Å²) in [5.41, 5.74) is 2.80. The lowest BCUT2D eigenvalue weighted by molar-refractivity contribution is 0.573. The van der Waals surface area contributed by atoms with Gasteiger partial charge in [-0.25, -0.2) is 17.7 Å². The minimum absolute atomic E-state index is 0.00243. The summed E-state index contributed by atoms with van der Waals surface area (Å²) in [4.78, 5) is 0. The molecule has 0 fully saturated rings. The maximum absolute atomic E-state index is 12.1. The maximum Gasteiger partial charge on any atom is 0.215 e. The van der Waals surface area contributed by atoms with Gasteiger partial charge < -0.3 is 4.57 Å². The smallest absolute Gasteiger partial charge is 0.215 e. The Kier molecular flexibility index (Phi) is 4.00. The fourth-order valence-corrected chi connectivity index (χ4v) is 3.58. The first-order valence-electron chi connectivity index (χ1n) is 7.05. The van der Waals surface area contributed by atoms with Gasteiger partial charge in [-0.15, -0.1) is 0 Å². The third-order valence-corrected chi connectivity index (χ3v) is 4.80. The summed E-state index contributed by atoms with van der Waals surface area (Å²) in [7, 11) is -3.33. The first-order valence-corrected chi connectivity index (χ1v) is 8.70. The second kappa shape index (κ2) is 5.94. The number of aromatic nitrogens is 3. The van der Waals surface area contributed by atoms with Crippen molar-refractivity contribution in [2.45, 2.75) is 19.2 Å². The summed E-state index contributed by atoms with van der Waals surface area (Å²) in [5, 5.41) is 4.12. The van der Waals surface area contributed by atoms with E-state index in [2.05, 4.69) is 9.82 Å². The second-order valence-corrected chi connectivity index (χ2v) is 7.07. The fraction of sp³-hybridized carbons (Fsp3) is 0.267. The van der Waals surface area contributed by atoms with Gasteiger partial charge in [-0.3, -0.25) is 0 Å². The number of sulfonamides is 1. The van der Waals surface area contributed by atoms with Gasteiger partial charge in [0.1, 0.15) is 5.65 Å². The number of fused-ring (bicyclic) bond motifs is 1. The third kappa shape index (κ3) is 3.37. The number of benzene rings is 1. The van der Waals surface area contributed by atoms with Crippen LogP contribution in [0.3, 0.4) is 0 Å². The molecule has 0 aliphatic heterocycles. The van der Waals surface area contributed by atoms with Crippen LogP contribution in [0.5, 0.6) is 0 Å². The summed E-state index contributed by atoms with van der Waals surface area (Å²) >= 11 is 0. The molecule has 2 aromatic heterocycles. The van der Waals surface area contributed by atoms with Gasteiger partial charge in [-0.05, 0) is 12.5 Å². The predicted molar refractivity (Wildman–Crippen MR) is 85.0 cm³/mol. The SMILES string of the molecule is Cc1cccc(CS(=O)(=O)NCCn2ccn3nccc23)c1. The Balaban J connectivity index is 1.59. The largest absolute Gasteiger partial charge is 0.330 e. The summed E-state index contributed by atoms with van der Waals surface area (Å²) < 4.78 is 30.6. The molecule has 0 bridgehead atoms. The van der Waals surface area contributed by atoms with Gasteiger partial charge in [0.2, 0.25) is 10.0 Å². The van der Waals surface area contributed by atoms with E-state index in [1.165, 1.54) is 0 Å². The Morgan fingerprint density at radius 2 is 2.09 bits per heavy atom. The number of hydrogen-bond donors (Lipinski definition) is 1. The van der Waals surface area contributed by atoms with Crippen LogP contribution in [0.15, 0.2) is 48.9 Å².